The molecule has 5 nitrogen and oxygen atoms in total. The monoisotopic (exact) mass is 281 g/mol. The first-order chi connectivity index (χ1) is 9.54. The van der Waals surface area contributed by atoms with Gasteiger partial charge in [-0.3, -0.25) is 9.59 Å². The maximum Gasteiger partial charge on any atom is 0.224 e. The van der Waals surface area contributed by atoms with Gasteiger partial charge in [0.1, 0.15) is 0 Å². The third-order valence-corrected chi connectivity index (χ3v) is 4.82. The third-order valence-electron chi connectivity index (χ3n) is 4.82. The highest BCUT2D eigenvalue weighted by molar-refractivity contribution is 5.80. The van der Waals surface area contributed by atoms with Gasteiger partial charge in [-0.2, -0.15) is 0 Å². The van der Waals surface area contributed by atoms with E-state index >= 15 is 0 Å². The average Bonchev–Trinajstić information content (AvgIpc) is 2.47. The van der Waals surface area contributed by atoms with E-state index < -0.39 is 0 Å². The molecule has 1 saturated carbocycles. The lowest BCUT2D eigenvalue weighted by molar-refractivity contribution is -0.136. The molecular formula is C15H27N3O2. The molecular weight excluding hydrogens is 254 g/mol. The first kappa shape index (κ1) is 15.3. The normalized spacial score (nSPS) is 23.4. The van der Waals surface area contributed by atoms with Crippen molar-refractivity contribution in [2.75, 3.05) is 20.1 Å². The lowest BCUT2D eigenvalue weighted by Gasteiger charge is -2.37. The molecule has 1 saturated heterocycles. The molecule has 3 N–H and O–H groups in total. The van der Waals surface area contributed by atoms with Crippen molar-refractivity contribution in [3.05, 3.63) is 0 Å². The number of amides is 2. The zero-order valence-corrected chi connectivity index (χ0v) is 12.5. The van der Waals surface area contributed by atoms with Crippen LogP contribution in [0.15, 0.2) is 0 Å². The standard InChI is InChI=1S/C15H27N3O2/c1-17-14(20)12-5-9-18(10-6-12)13(19)11-15(16)7-3-2-4-8-15/h12H,2-11,16H2,1H3,(H,17,20). The van der Waals surface area contributed by atoms with Crippen molar-refractivity contribution in [3.8, 4) is 0 Å². The van der Waals surface area contributed by atoms with E-state index in [9.17, 15) is 9.59 Å². The van der Waals surface area contributed by atoms with Gasteiger partial charge >= 0.3 is 0 Å². The van der Waals surface area contributed by atoms with Crippen molar-refractivity contribution in [2.24, 2.45) is 11.7 Å². The van der Waals surface area contributed by atoms with E-state index in [0.717, 1.165) is 38.5 Å². The Hall–Kier alpha value is -1.10. The Labute approximate surface area is 121 Å². The van der Waals surface area contributed by atoms with Gasteiger partial charge in [-0.25, -0.2) is 0 Å². The summed E-state index contributed by atoms with van der Waals surface area (Å²) in [6.45, 7) is 1.38. The Bertz CT molecular complexity index is 356. The molecule has 0 atom stereocenters. The first-order valence-electron chi connectivity index (χ1n) is 7.82. The lowest BCUT2D eigenvalue weighted by Crippen LogP contribution is -2.49. The van der Waals surface area contributed by atoms with E-state index in [1.165, 1.54) is 6.42 Å². The summed E-state index contributed by atoms with van der Waals surface area (Å²) in [7, 11) is 1.67. The summed E-state index contributed by atoms with van der Waals surface area (Å²) in [5.74, 6) is 0.329. The van der Waals surface area contributed by atoms with E-state index in [1.54, 1.807) is 7.05 Å². The molecule has 2 amide bonds. The lowest BCUT2D eigenvalue weighted by atomic mass is 9.80. The summed E-state index contributed by atoms with van der Waals surface area (Å²) in [5, 5.41) is 2.69. The quantitative estimate of drug-likeness (QED) is 0.811. The number of rotatable bonds is 3. The molecule has 0 spiro atoms. The second-order valence-corrected chi connectivity index (χ2v) is 6.37. The van der Waals surface area contributed by atoms with Gasteiger partial charge in [0.15, 0.2) is 0 Å². The van der Waals surface area contributed by atoms with Crippen LogP contribution in [0.25, 0.3) is 0 Å². The highest BCUT2D eigenvalue weighted by Gasteiger charge is 2.33. The van der Waals surface area contributed by atoms with E-state index in [2.05, 4.69) is 5.32 Å². The molecule has 1 aliphatic heterocycles. The van der Waals surface area contributed by atoms with E-state index in [0.29, 0.717) is 19.5 Å². The van der Waals surface area contributed by atoms with Gasteiger partial charge in [0.25, 0.3) is 0 Å². The molecule has 20 heavy (non-hydrogen) atoms. The molecule has 2 aliphatic rings. The van der Waals surface area contributed by atoms with Crippen LogP contribution in [-0.4, -0.2) is 42.4 Å². The molecule has 0 aromatic heterocycles. The van der Waals surface area contributed by atoms with Crippen molar-refractivity contribution in [3.63, 3.8) is 0 Å². The van der Waals surface area contributed by atoms with Crippen LogP contribution in [0.1, 0.15) is 51.4 Å². The maximum absolute atomic E-state index is 12.4. The smallest absolute Gasteiger partial charge is 0.224 e. The predicted molar refractivity (Wildman–Crippen MR) is 78.0 cm³/mol. The molecule has 0 unspecified atom stereocenters. The van der Waals surface area contributed by atoms with Gasteiger partial charge in [0.2, 0.25) is 11.8 Å². The van der Waals surface area contributed by atoms with Crippen molar-refractivity contribution in [2.45, 2.75) is 56.9 Å². The minimum Gasteiger partial charge on any atom is -0.359 e. The van der Waals surface area contributed by atoms with Crippen LogP contribution in [0.5, 0.6) is 0 Å². The van der Waals surface area contributed by atoms with Gasteiger partial charge in [-0.15, -0.1) is 0 Å². The number of nitrogens with one attached hydrogen (secondary N) is 1. The summed E-state index contributed by atoms with van der Waals surface area (Å²) in [6.07, 6.45) is 7.46. The molecule has 2 rings (SSSR count). The number of hydrogen-bond donors (Lipinski definition) is 2. The fourth-order valence-corrected chi connectivity index (χ4v) is 3.44. The second kappa shape index (κ2) is 6.57. The number of nitrogens with zero attached hydrogens (tertiary/aromatic N) is 1. The highest BCUT2D eigenvalue weighted by atomic mass is 16.2. The Morgan fingerprint density at radius 2 is 1.80 bits per heavy atom. The van der Waals surface area contributed by atoms with Crippen molar-refractivity contribution < 1.29 is 9.59 Å². The SMILES string of the molecule is CNC(=O)C1CCN(C(=O)CC2(N)CCCCC2)CC1. The molecule has 5 heteroatoms. The van der Waals surface area contributed by atoms with Crippen LogP contribution in [0.4, 0.5) is 0 Å². The molecule has 0 bridgehead atoms. The summed E-state index contributed by atoms with van der Waals surface area (Å²) < 4.78 is 0. The number of likely N-dealkylation sites (tertiary alicyclic amines) is 1. The van der Waals surface area contributed by atoms with Crippen molar-refractivity contribution in [1.82, 2.24) is 10.2 Å². The molecule has 114 valence electrons. The summed E-state index contributed by atoms with van der Waals surface area (Å²) in [5.41, 5.74) is 6.07. The van der Waals surface area contributed by atoms with Crippen molar-refractivity contribution >= 4 is 11.8 Å². The van der Waals surface area contributed by atoms with E-state index in [1.807, 2.05) is 4.90 Å². The summed E-state index contributed by atoms with van der Waals surface area (Å²) in [4.78, 5) is 25.8. The minimum absolute atomic E-state index is 0.0607. The van der Waals surface area contributed by atoms with Gasteiger partial charge < -0.3 is 16.0 Å². The van der Waals surface area contributed by atoms with Gasteiger partial charge in [0.05, 0.1) is 0 Å². The van der Waals surface area contributed by atoms with Gasteiger partial charge in [-0.05, 0) is 25.7 Å². The number of carbonyl (C=O) groups excluding carboxylic acids is 2. The van der Waals surface area contributed by atoms with Gasteiger partial charge in [-0.1, -0.05) is 19.3 Å². The van der Waals surface area contributed by atoms with E-state index in [4.69, 9.17) is 5.73 Å². The predicted octanol–water partition coefficient (Wildman–Crippen LogP) is 1.02. The number of piperidine rings is 1. The maximum atomic E-state index is 12.4. The summed E-state index contributed by atoms with van der Waals surface area (Å²) >= 11 is 0. The Kier molecular flexibility index (Phi) is 5.02. The summed E-state index contributed by atoms with van der Waals surface area (Å²) in [6, 6.07) is 0. The van der Waals surface area contributed by atoms with Crippen LogP contribution in [0.2, 0.25) is 0 Å². The zero-order chi connectivity index (χ0) is 14.6. The second-order valence-electron chi connectivity index (χ2n) is 6.37. The molecule has 0 aromatic carbocycles. The van der Waals surface area contributed by atoms with Crippen LogP contribution in [-0.2, 0) is 9.59 Å². The van der Waals surface area contributed by atoms with Crippen LogP contribution in [0.3, 0.4) is 0 Å². The average molecular weight is 281 g/mol. The number of nitrogens with two attached hydrogens (primary N) is 1. The Morgan fingerprint density at radius 3 is 2.35 bits per heavy atom. The van der Waals surface area contributed by atoms with E-state index in [-0.39, 0.29) is 23.3 Å². The molecule has 0 aromatic rings. The Morgan fingerprint density at radius 1 is 1.20 bits per heavy atom. The third kappa shape index (κ3) is 3.72. The van der Waals surface area contributed by atoms with Gasteiger partial charge in [0, 0.05) is 38.0 Å². The zero-order valence-electron chi connectivity index (χ0n) is 12.5. The first-order valence-corrected chi connectivity index (χ1v) is 7.82. The number of carbonyl (C=O) groups is 2. The van der Waals surface area contributed by atoms with Crippen molar-refractivity contribution in [1.29, 1.82) is 0 Å². The van der Waals surface area contributed by atoms with Crippen LogP contribution >= 0.6 is 0 Å². The van der Waals surface area contributed by atoms with Crippen LogP contribution in [0, 0.1) is 5.92 Å². The Balaban J connectivity index is 1.81. The molecule has 1 heterocycles. The van der Waals surface area contributed by atoms with Crippen LogP contribution < -0.4 is 11.1 Å². The topological polar surface area (TPSA) is 75.4 Å². The molecule has 1 aliphatic carbocycles. The number of hydrogen-bond acceptors (Lipinski definition) is 3. The highest BCUT2D eigenvalue weighted by Crippen LogP contribution is 2.30. The molecule has 0 radical (unpaired) electrons. The largest absolute Gasteiger partial charge is 0.359 e. The molecule has 2 fully saturated rings. The fraction of sp³-hybridized carbons (Fsp3) is 0.867. The minimum atomic E-state index is -0.285. The fourth-order valence-electron chi connectivity index (χ4n) is 3.44.